The first kappa shape index (κ1) is 27.8. The molecular formula is C32H28ClN3O5S. The molecule has 0 amide bonds. The van der Waals surface area contributed by atoms with E-state index in [1.54, 1.807) is 42.5 Å². The third-order valence-electron chi connectivity index (χ3n) is 7.87. The van der Waals surface area contributed by atoms with Crippen LogP contribution >= 0.6 is 11.6 Å². The molecule has 0 fully saturated rings. The van der Waals surface area contributed by atoms with Gasteiger partial charge in [-0.05, 0) is 102 Å². The molecule has 10 heteroatoms. The van der Waals surface area contributed by atoms with Crippen LogP contribution in [0.2, 0.25) is 5.02 Å². The smallest absolute Gasteiger partial charge is 0.269 e. The molecular weight excluding hydrogens is 574 g/mol. The Hall–Kier alpha value is -4.34. The second kappa shape index (κ2) is 11.2. The summed E-state index contributed by atoms with van der Waals surface area (Å²) in [6.45, 7) is 2.12. The Balaban J connectivity index is 1.18. The van der Waals surface area contributed by atoms with E-state index >= 15 is 0 Å². The van der Waals surface area contributed by atoms with Crippen LogP contribution in [0.4, 0.5) is 17.1 Å². The molecule has 8 nitrogen and oxygen atoms in total. The Morgan fingerprint density at radius 3 is 2.50 bits per heavy atom. The number of anilines is 2. The molecule has 6 rings (SSSR count). The molecule has 0 bridgehead atoms. The van der Waals surface area contributed by atoms with Crippen molar-refractivity contribution < 1.29 is 18.1 Å². The van der Waals surface area contributed by atoms with E-state index in [4.69, 9.17) is 16.3 Å². The van der Waals surface area contributed by atoms with Crippen molar-refractivity contribution in [3.63, 3.8) is 0 Å². The van der Waals surface area contributed by atoms with Crippen molar-refractivity contribution in [3.05, 3.63) is 134 Å². The van der Waals surface area contributed by atoms with E-state index in [0.29, 0.717) is 23.1 Å². The number of aryl methyl sites for hydroxylation is 1. The molecule has 2 N–H and O–H groups in total. The van der Waals surface area contributed by atoms with E-state index in [9.17, 15) is 18.5 Å². The Morgan fingerprint density at radius 2 is 1.79 bits per heavy atom. The van der Waals surface area contributed by atoms with Crippen molar-refractivity contribution in [2.24, 2.45) is 5.92 Å². The van der Waals surface area contributed by atoms with E-state index in [1.807, 2.05) is 37.3 Å². The first-order chi connectivity index (χ1) is 20.2. The van der Waals surface area contributed by atoms with Gasteiger partial charge in [-0.15, -0.1) is 0 Å². The first-order valence-electron chi connectivity index (χ1n) is 13.5. The third kappa shape index (κ3) is 5.57. The van der Waals surface area contributed by atoms with Gasteiger partial charge in [-0.2, -0.15) is 0 Å². The number of fused-ring (bicyclic) bond motifs is 3. The fraction of sp³-hybridized carbons (Fsp3) is 0.188. The van der Waals surface area contributed by atoms with Gasteiger partial charge in [0.15, 0.2) is 0 Å². The van der Waals surface area contributed by atoms with Gasteiger partial charge in [-0.1, -0.05) is 35.9 Å². The monoisotopic (exact) mass is 601 g/mol. The van der Waals surface area contributed by atoms with Gasteiger partial charge >= 0.3 is 0 Å². The number of nitro groups is 1. The molecule has 0 radical (unpaired) electrons. The summed E-state index contributed by atoms with van der Waals surface area (Å²) in [5.74, 6) is 1.01. The number of sulfonamides is 1. The summed E-state index contributed by atoms with van der Waals surface area (Å²) < 4.78 is 35.2. The standard InChI is InChI=1S/C32H28ClN3O5S/c1-20-17-23(33)9-15-30(20)35-42(39,40)26-14-16-31-29(18-26)27-3-2-4-28(27)32(34-31)22-7-12-25(13-8-22)41-19-21-5-10-24(11-6-21)36(37)38/h2-3,5-18,27-28,32,34-35H,4,19H2,1H3/t27-,28+,32+/m0/s1. The van der Waals surface area contributed by atoms with E-state index < -0.39 is 14.9 Å². The lowest BCUT2D eigenvalue weighted by atomic mass is 9.77. The molecule has 42 heavy (non-hydrogen) atoms. The molecule has 1 aliphatic heterocycles. The van der Waals surface area contributed by atoms with Crippen molar-refractivity contribution in [1.82, 2.24) is 0 Å². The van der Waals surface area contributed by atoms with Gasteiger partial charge < -0.3 is 10.1 Å². The van der Waals surface area contributed by atoms with Gasteiger partial charge in [0.25, 0.3) is 15.7 Å². The lowest BCUT2D eigenvalue weighted by Crippen LogP contribution is -2.29. The fourth-order valence-corrected chi connectivity index (χ4v) is 7.06. The Kier molecular flexibility index (Phi) is 7.38. The van der Waals surface area contributed by atoms with Gasteiger partial charge in [-0.3, -0.25) is 14.8 Å². The molecule has 0 spiro atoms. The van der Waals surface area contributed by atoms with Crippen molar-refractivity contribution in [2.45, 2.75) is 36.8 Å². The number of nitro benzene ring substituents is 1. The molecule has 0 unspecified atom stereocenters. The largest absolute Gasteiger partial charge is 0.489 e. The van der Waals surface area contributed by atoms with Gasteiger partial charge in [0.2, 0.25) is 0 Å². The maximum atomic E-state index is 13.3. The molecule has 1 heterocycles. The quantitative estimate of drug-likeness (QED) is 0.121. The SMILES string of the molecule is Cc1cc(Cl)ccc1NS(=O)(=O)c1ccc2c(c1)[C@H]1C=CC[C@H]1[C@@H](c1ccc(OCc3ccc([N+](=O)[O-])cc3)cc1)N2. The normalized spacial score (nSPS) is 19.0. The molecule has 0 saturated carbocycles. The highest BCUT2D eigenvalue weighted by molar-refractivity contribution is 7.92. The van der Waals surface area contributed by atoms with E-state index in [0.717, 1.165) is 34.4 Å². The number of benzene rings is 4. The number of hydrogen-bond donors (Lipinski definition) is 2. The number of non-ortho nitro benzene ring substituents is 1. The average Bonchev–Trinajstić information content (AvgIpc) is 3.48. The van der Waals surface area contributed by atoms with E-state index in [1.165, 1.54) is 12.1 Å². The third-order valence-corrected chi connectivity index (χ3v) is 9.47. The maximum absolute atomic E-state index is 13.3. The minimum absolute atomic E-state index is 0.0403. The topological polar surface area (TPSA) is 111 Å². The van der Waals surface area contributed by atoms with Crippen LogP contribution in [0.1, 0.15) is 40.6 Å². The van der Waals surface area contributed by atoms with Crippen LogP contribution in [0.25, 0.3) is 0 Å². The number of allylic oxidation sites excluding steroid dienone is 2. The van der Waals surface area contributed by atoms with Crippen LogP contribution in [-0.2, 0) is 16.6 Å². The zero-order valence-corrected chi connectivity index (χ0v) is 24.2. The minimum Gasteiger partial charge on any atom is -0.489 e. The summed E-state index contributed by atoms with van der Waals surface area (Å²) in [6, 6.07) is 24.6. The van der Waals surface area contributed by atoms with E-state index in [2.05, 4.69) is 22.2 Å². The summed E-state index contributed by atoms with van der Waals surface area (Å²) in [5, 5.41) is 15.1. The summed E-state index contributed by atoms with van der Waals surface area (Å²) in [4.78, 5) is 10.7. The van der Waals surface area contributed by atoms with Crippen LogP contribution in [0.3, 0.4) is 0 Å². The van der Waals surface area contributed by atoms with Crippen LogP contribution in [0.5, 0.6) is 5.75 Å². The van der Waals surface area contributed by atoms with Crippen LogP contribution in [0, 0.1) is 23.0 Å². The molecule has 4 aromatic rings. The zero-order valence-electron chi connectivity index (χ0n) is 22.7. The first-order valence-corrected chi connectivity index (χ1v) is 15.4. The van der Waals surface area contributed by atoms with Gasteiger partial charge in [0.1, 0.15) is 12.4 Å². The number of halogens is 1. The highest BCUT2D eigenvalue weighted by Gasteiger charge is 2.38. The Bertz CT molecular complexity index is 1790. The van der Waals surface area contributed by atoms with Gasteiger partial charge in [-0.25, -0.2) is 8.42 Å². The van der Waals surface area contributed by atoms with Gasteiger partial charge in [0, 0.05) is 28.8 Å². The lowest BCUT2D eigenvalue weighted by molar-refractivity contribution is -0.384. The number of nitrogens with zero attached hydrogens (tertiary/aromatic N) is 1. The molecule has 0 aromatic heterocycles. The highest BCUT2D eigenvalue weighted by atomic mass is 35.5. The van der Waals surface area contributed by atoms with Crippen LogP contribution in [-0.4, -0.2) is 13.3 Å². The number of hydrogen-bond acceptors (Lipinski definition) is 6. The van der Waals surface area contributed by atoms with Crippen molar-refractivity contribution in [3.8, 4) is 5.75 Å². The highest BCUT2D eigenvalue weighted by Crippen LogP contribution is 2.50. The van der Waals surface area contributed by atoms with Crippen molar-refractivity contribution >= 4 is 38.7 Å². The number of nitrogens with one attached hydrogen (secondary N) is 2. The summed E-state index contributed by atoms with van der Waals surface area (Å²) >= 11 is 6.04. The predicted molar refractivity (Wildman–Crippen MR) is 164 cm³/mol. The summed E-state index contributed by atoms with van der Waals surface area (Å²) in [7, 11) is -3.80. The Labute approximate surface area is 249 Å². The molecule has 2 aliphatic rings. The van der Waals surface area contributed by atoms with Crippen LogP contribution in [0.15, 0.2) is 102 Å². The second-order valence-corrected chi connectivity index (χ2v) is 12.7. The molecule has 1 aliphatic carbocycles. The van der Waals surface area contributed by atoms with Gasteiger partial charge in [0.05, 0.1) is 21.5 Å². The van der Waals surface area contributed by atoms with Crippen LogP contribution < -0.4 is 14.8 Å². The molecule has 214 valence electrons. The maximum Gasteiger partial charge on any atom is 0.269 e. The van der Waals surface area contributed by atoms with Crippen molar-refractivity contribution in [1.29, 1.82) is 0 Å². The number of rotatable bonds is 8. The molecule has 0 saturated heterocycles. The predicted octanol–water partition coefficient (Wildman–Crippen LogP) is 7.76. The fourth-order valence-electron chi connectivity index (χ4n) is 5.67. The summed E-state index contributed by atoms with van der Waals surface area (Å²) in [5.41, 5.74) is 5.11. The average molecular weight is 602 g/mol. The zero-order chi connectivity index (χ0) is 29.4. The lowest BCUT2D eigenvalue weighted by Gasteiger charge is -2.37. The minimum atomic E-state index is -3.80. The second-order valence-electron chi connectivity index (χ2n) is 10.6. The van der Waals surface area contributed by atoms with E-state index in [-0.39, 0.29) is 28.5 Å². The number of ether oxygens (including phenoxy) is 1. The molecule has 3 atom stereocenters. The van der Waals surface area contributed by atoms with Crippen molar-refractivity contribution in [2.75, 3.05) is 10.0 Å². The molecule has 4 aromatic carbocycles. The summed E-state index contributed by atoms with van der Waals surface area (Å²) in [6.07, 6.45) is 5.21. The Morgan fingerprint density at radius 1 is 1.02 bits per heavy atom.